The maximum atomic E-state index is 13.0. The van der Waals surface area contributed by atoms with Gasteiger partial charge in [0.05, 0.1) is 11.2 Å². The summed E-state index contributed by atoms with van der Waals surface area (Å²) in [6.07, 6.45) is 5.12. The number of carboxylic acid groups (broad SMARTS) is 1. The third-order valence-electron chi connectivity index (χ3n) is 4.57. The molecule has 4 rings (SSSR count). The van der Waals surface area contributed by atoms with Crippen LogP contribution < -0.4 is 5.56 Å². The second kappa shape index (κ2) is 7.05. The van der Waals surface area contributed by atoms with E-state index in [9.17, 15) is 14.7 Å². The summed E-state index contributed by atoms with van der Waals surface area (Å²) in [6, 6.07) is 1.90. The smallest absolute Gasteiger partial charge is 0.323 e. The van der Waals surface area contributed by atoms with Crippen molar-refractivity contribution in [2.24, 2.45) is 0 Å². The summed E-state index contributed by atoms with van der Waals surface area (Å²) in [6.45, 7) is 1.98. The Morgan fingerprint density at radius 3 is 2.77 bits per heavy atom. The van der Waals surface area contributed by atoms with Gasteiger partial charge in [-0.2, -0.15) is 0 Å². The number of pyridine rings is 1. The van der Waals surface area contributed by atoms with Crippen molar-refractivity contribution < 1.29 is 9.90 Å². The van der Waals surface area contributed by atoms with Gasteiger partial charge in [0.2, 0.25) is 0 Å². The lowest BCUT2D eigenvalue weighted by Crippen LogP contribution is -2.35. The monoisotopic (exact) mass is 436 g/mol. The van der Waals surface area contributed by atoms with Crippen LogP contribution in [0.2, 0.25) is 0 Å². The fourth-order valence-corrected chi connectivity index (χ4v) is 4.93. The van der Waals surface area contributed by atoms with Crippen LogP contribution in [0, 0.1) is 0 Å². The number of hydrogen-bond donors (Lipinski definition) is 1. The largest absolute Gasteiger partial charge is 0.480 e. The van der Waals surface area contributed by atoms with Crippen molar-refractivity contribution in [2.45, 2.75) is 32.4 Å². The molecule has 136 valence electrons. The van der Waals surface area contributed by atoms with Crippen LogP contribution in [0.3, 0.4) is 0 Å². The molecule has 1 N–H and O–H groups in total. The average molecular weight is 437 g/mol. The first-order chi connectivity index (χ1) is 12.5. The Labute approximate surface area is 161 Å². The van der Waals surface area contributed by atoms with Crippen LogP contribution in [0.15, 0.2) is 21.5 Å². The Morgan fingerprint density at radius 2 is 2.04 bits per heavy atom. The summed E-state index contributed by atoms with van der Waals surface area (Å²) in [5.41, 5.74) is 0.951. The predicted octanol–water partition coefficient (Wildman–Crippen LogP) is 2.84. The Kier molecular flexibility index (Phi) is 4.76. The van der Waals surface area contributed by atoms with Gasteiger partial charge in [-0.15, -0.1) is 11.3 Å². The Balaban J connectivity index is 1.90. The van der Waals surface area contributed by atoms with Crippen molar-refractivity contribution >= 4 is 53.7 Å². The zero-order valence-corrected chi connectivity index (χ0v) is 16.3. The molecule has 0 saturated carbocycles. The van der Waals surface area contributed by atoms with E-state index < -0.39 is 5.97 Å². The van der Waals surface area contributed by atoms with Crippen LogP contribution in [-0.4, -0.2) is 43.6 Å². The number of carboxylic acids is 1. The normalized spacial score (nSPS) is 15.7. The number of piperidine rings is 1. The lowest BCUT2D eigenvalue weighted by molar-refractivity contribution is -0.137. The maximum absolute atomic E-state index is 13.0. The first kappa shape index (κ1) is 17.6. The third kappa shape index (κ3) is 3.26. The van der Waals surface area contributed by atoms with Gasteiger partial charge in [-0.25, -0.2) is 4.98 Å². The number of fused-ring (bicyclic) bond motifs is 3. The molecule has 4 heterocycles. The molecule has 3 aromatic heterocycles. The molecule has 0 amide bonds. The van der Waals surface area contributed by atoms with Gasteiger partial charge in [0.1, 0.15) is 28.1 Å². The third-order valence-corrected chi connectivity index (χ3v) is 6.11. The topological polar surface area (TPSA) is 88.3 Å². The van der Waals surface area contributed by atoms with Crippen LogP contribution in [0.25, 0.3) is 20.4 Å². The van der Waals surface area contributed by atoms with Crippen molar-refractivity contribution in [3.05, 3.63) is 32.9 Å². The van der Waals surface area contributed by atoms with Crippen LogP contribution in [0.5, 0.6) is 0 Å². The number of hydrogen-bond acceptors (Lipinski definition) is 6. The molecule has 1 fully saturated rings. The van der Waals surface area contributed by atoms with E-state index in [1.807, 2.05) is 6.07 Å². The molecule has 1 aliphatic rings. The fourth-order valence-electron chi connectivity index (χ4n) is 3.36. The minimum absolute atomic E-state index is 0.302. The van der Waals surface area contributed by atoms with E-state index in [4.69, 9.17) is 4.98 Å². The first-order valence-corrected chi connectivity index (χ1v) is 10.1. The van der Waals surface area contributed by atoms with Gasteiger partial charge >= 0.3 is 5.97 Å². The summed E-state index contributed by atoms with van der Waals surface area (Å²) < 4.78 is 3.44. The van der Waals surface area contributed by atoms with Crippen LogP contribution in [-0.2, 0) is 17.9 Å². The minimum atomic E-state index is -1.05. The summed E-state index contributed by atoms with van der Waals surface area (Å²) >= 11 is 4.70. The molecule has 7 nitrogen and oxygen atoms in total. The predicted molar refractivity (Wildman–Crippen MR) is 104 cm³/mol. The fraction of sp³-hybridized carbons (Fsp3) is 0.412. The standard InChI is InChI=1S/C17H17BrN4O3S/c18-10-6-11-14(19-7-10)15-16(26-11)17(25)22(9-13(23)24)12(20-15)8-21-4-2-1-3-5-21/h6-7H,1-5,8-9H2,(H,23,24). The van der Waals surface area contributed by atoms with Crippen molar-refractivity contribution in [1.82, 2.24) is 19.4 Å². The molecule has 26 heavy (non-hydrogen) atoms. The molecule has 9 heteroatoms. The molecule has 0 bridgehead atoms. The van der Waals surface area contributed by atoms with E-state index in [1.54, 1.807) is 6.20 Å². The van der Waals surface area contributed by atoms with Gasteiger partial charge < -0.3 is 5.11 Å². The number of nitrogens with zero attached hydrogens (tertiary/aromatic N) is 4. The van der Waals surface area contributed by atoms with E-state index in [0.717, 1.165) is 35.1 Å². The van der Waals surface area contributed by atoms with E-state index in [1.165, 1.54) is 22.3 Å². The first-order valence-electron chi connectivity index (χ1n) is 8.44. The number of likely N-dealkylation sites (tertiary alicyclic amines) is 1. The molecular formula is C17H17BrN4O3S. The van der Waals surface area contributed by atoms with Crippen molar-refractivity contribution in [3.8, 4) is 0 Å². The average Bonchev–Trinajstić information content (AvgIpc) is 2.97. The molecular weight excluding hydrogens is 420 g/mol. The summed E-state index contributed by atoms with van der Waals surface area (Å²) in [5, 5.41) is 9.25. The SMILES string of the molecule is O=C(O)Cn1c(CN2CCCCC2)nc2c(sc3cc(Br)cnc32)c1=O. The highest BCUT2D eigenvalue weighted by atomic mass is 79.9. The van der Waals surface area contributed by atoms with Gasteiger partial charge in [-0.1, -0.05) is 6.42 Å². The molecule has 3 aromatic rings. The number of halogens is 1. The summed E-state index contributed by atoms with van der Waals surface area (Å²) in [7, 11) is 0. The van der Waals surface area contributed by atoms with E-state index in [-0.39, 0.29) is 12.1 Å². The molecule has 1 saturated heterocycles. The van der Waals surface area contributed by atoms with E-state index in [0.29, 0.717) is 28.1 Å². The maximum Gasteiger partial charge on any atom is 0.323 e. The molecule has 0 aliphatic carbocycles. The second-order valence-electron chi connectivity index (χ2n) is 6.43. The van der Waals surface area contributed by atoms with E-state index >= 15 is 0 Å². The van der Waals surface area contributed by atoms with Crippen LogP contribution in [0.4, 0.5) is 0 Å². The number of carbonyl (C=O) groups is 1. The summed E-state index contributed by atoms with van der Waals surface area (Å²) in [4.78, 5) is 35.6. The highest BCUT2D eigenvalue weighted by molar-refractivity contribution is 9.10. The second-order valence-corrected chi connectivity index (χ2v) is 8.40. The molecule has 0 radical (unpaired) electrons. The number of rotatable bonds is 4. The van der Waals surface area contributed by atoms with Gasteiger partial charge in [0, 0.05) is 10.7 Å². The number of aromatic nitrogens is 3. The van der Waals surface area contributed by atoms with E-state index in [2.05, 4.69) is 25.8 Å². The van der Waals surface area contributed by atoms with Gasteiger partial charge in [0.15, 0.2) is 0 Å². The van der Waals surface area contributed by atoms with Gasteiger partial charge in [-0.3, -0.25) is 24.0 Å². The molecule has 0 aromatic carbocycles. The highest BCUT2D eigenvalue weighted by Gasteiger charge is 2.20. The number of aliphatic carboxylic acids is 1. The Bertz CT molecular complexity index is 1060. The zero-order chi connectivity index (χ0) is 18.3. The van der Waals surface area contributed by atoms with Crippen LogP contribution >= 0.6 is 27.3 Å². The zero-order valence-electron chi connectivity index (χ0n) is 13.9. The van der Waals surface area contributed by atoms with Crippen molar-refractivity contribution in [1.29, 1.82) is 0 Å². The Hall–Kier alpha value is -1.84. The highest BCUT2D eigenvalue weighted by Crippen LogP contribution is 2.31. The minimum Gasteiger partial charge on any atom is -0.480 e. The molecule has 0 atom stereocenters. The van der Waals surface area contributed by atoms with Crippen LogP contribution in [0.1, 0.15) is 25.1 Å². The van der Waals surface area contributed by atoms with Crippen molar-refractivity contribution in [3.63, 3.8) is 0 Å². The van der Waals surface area contributed by atoms with Gasteiger partial charge in [0.25, 0.3) is 5.56 Å². The molecule has 1 aliphatic heterocycles. The quantitative estimate of drug-likeness (QED) is 0.676. The molecule has 0 unspecified atom stereocenters. The lowest BCUT2D eigenvalue weighted by atomic mass is 10.1. The lowest BCUT2D eigenvalue weighted by Gasteiger charge is -2.26. The van der Waals surface area contributed by atoms with Crippen molar-refractivity contribution in [2.75, 3.05) is 13.1 Å². The number of thiophene rings is 1. The van der Waals surface area contributed by atoms with Gasteiger partial charge in [-0.05, 0) is 47.9 Å². The summed E-state index contributed by atoms with van der Waals surface area (Å²) in [5.74, 6) is -0.550. The Morgan fingerprint density at radius 1 is 1.27 bits per heavy atom. The molecule has 0 spiro atoms.